The van der Waals surface area contributed by atoms with Crippen LogP contribution in [0.25, 0.3) is 22.1 Å². The molecule has 1 aliphatic heterocycles. The largest absolute Gasteiger partial charge is 0.481 e. The third-order valence-electron chi connectivity index (χ3n) is 5.99. The zero-order valence-corrected chi connectivity index (χ0v) is 18.5. The minimum Gasteiger partial charge on any atom is -0.481 e. The molecule has 2 atom stereocenters. The maximum Gasteiger partial charge on any atom is 0.336 e. The number of hydrogen-bond acceptors (Lipinski definition) is 5. The molecular weight excluding hydrogens is 446 g/mol. The minimum absolute atomic E-state index is 0.0124. The van der Waals surface area contributed by atoms with Crippen LogP contribution in [0.3, 0.4) is 0 Å². The lowest BCUT2D eigenvalue weighted by molar-refractivity contribution is -0.141. The zero-order valence-electron chi connectivity index (χ0n) is 17.7. The Morgan fingerprint density at radius 1 is 1.18 bits per heavy atom. The van der Waals surface area contributed by atoms with Crippen LogP contribution >= 0.6 is 11.6 Å². The lowest BCUT2D eigenvalue weighted by atomic mass is 9.91. The maximum absolute atomic E-state index is 13.1. The second-order valence-corrected chi connectivity index (χ2v) is 8.63. The molecule has 1 aromatic heterocycles. The number of fused-ring (bicyclic) bond motifs is 1. The van der Waals surface area contributed by atoms with Crippen molar-refractivity contribution in [3.05, 3.63) is 69.5 Å². The number of benzene rings is 2. The summed E-state index contributed by atoms with van der Waals surface area (Å²) >= 11 is 6.32. The molecule has 1 saturated heterocycles. The number of likely N-dealkylation sites (tertiary alicyclic amines) is 1. The Morgan fingerprint density at radius 3 is 2.70 bits per heavy atom. The monoisotopic (exact) mass is 467 g/mol. The molecule has 1 fully saturated rings. The standard InChI is InChI=1S/C25H22ClNO6/c26-21-6-2-1-5-17(21)19-12-24(31)33-22-11-16(7-8-18(19)22)20(14-28)25(32)27-9-3-4-15(13-27)10-23(29)30/h1-2,5-8,11-12,14-15,20H,3-4,9-10,13H2,(H,29,30)/t15-,20-/m0/s1. The molecule has 3 aromatic rings. The van der Waals surface area contributed by atoms with Gasteiger partial charge in [-0.1, -0.05) is 41.9 Å². The van der Waals surface area contributed by atoms with Crippen molar-refractivity contribution in [1.82, 2.24) is 4.90 Å². The highest BCUT2D eigenvalue weighted by molar-refractivity contribution is 6.33. The Balaban J connectivity index is 1.68. The van der Waals surface area contributed by atoms with Crippen LogP contribution in [0, 0.1) is 5.92 Å². The van der Waals surface area contributed by atoms with E-state index in [9.17, 15) is 19.2 Å². The number of halogens is 1. The van der Waals surface area contributed by atoms with Crippen LogP contribution < -0.4 is 5.63 Å². The van der Waals surface area contributed by atoms with Gasteiger partial charge >= 0.3 is 11.6 Å². The molecule has 170 valence electrons. The minimum atomic E-state index is -1.08. The molecule has 1 amide bonds. The van der Waals surface area contributed by atoms with E-state index >= 15 is 0 Å². The quantitative estimate of drug-likeness (QED) is 0.332. The molecule has 8 heteroatoms. The molecule has 0 aliphatic carbocycles. The number of aldehydes is 1. The van der Waals surface area contributed by atoms with E-state index in [0.717, 1.165) is 6.42 Å². The topological polar surface area (TPSA) is 105 Å². The summed E-state index contributed by atoms with van der Waals surface area (Å²) < 4.78 is 5.38. The number of carboxylic acids is 1. The molecular formula is C25H22ClNO6. The third-order valence-corrected chi connectivity index (χ3v) is 6.32. The summed E-state index contributed by atoms with van der Waals surface area (Å²) in [4.78, 5) is 49.9. The van der Waals surface area contributed by atoms with Gasteiger partial charge in [0.25, 0.3) is 0 Å². The molecule has 7 nitrogen and oxygen atoms in total. The number of amides is 1. The van der Waals surface area contributed by atoms with Gasteiger partial charge in [-0.3, -0.25) is 9.59 Å². The number of nitrogens with zero attached hydrogens (tertiary/aromatic N) is 1. The molecule has 2 aromatic carbocycles. The van der Waals surface area contributed by atoms with Gasteiger partial charge in [0, 0.05) is 47.1 Å². The van der Waals surface area contributed by atoms with Crippen LogP contribution in [0.4, 0.5) is 0 Å². The molecule has 4 rings (SSSR count). The number of carbonyl (C=O) groups is 3. The average Bonchev–Trinajstić information content (AvgIpc) is 2.79. The van der Waals surface area contributed by atoms with E-state index in [1.807, 2.05) is 6.07 Å². The Labute approximate surface area is 194 Å². The van der Waals surface area contributed by atoms with Crippen molar-refractivity contribution >= 4 is 40.7 Å². The van der Waals surface area contributed by atoms with Gasteiger partial charge in [0.1, 0.15) is 17.8 Å². The van der Waals surface area contributed by atoms with Gasteiger partial charge in [0.05, 0.1) is 0 Å². The van der Waals surface area contributed by atoms with Crippen LogP contribution in [-0.4, -0.2) is 41.3 Å². The lowest BCUT2D eigenvalue weighted by Gasteiger charge is -2.33. The molecule has 0 spiro atoms. The molecule has 1 N–H and O–H groups in total. The van der Waals surface area contributed by atoms with Gasteiger partial charge < -0.3 is 19.2 Å². The van der Waals surface area contributed by atoms with Crippen molar-refractivity contribution in [3.63, 3.8) is 0 Å². The number of carbonyl (C=O) groups excluding carboxylic acids is 2. The van der Waals surface area contributed by atoms with E-state index in [2.05, 4.69) is 0 Å². The predicted molar refractivity (Wildman–Crippen MR) is 123 cm³/mol. The van der Waals surface area contributed by atoms with Crippen molar-refractivity contribution in [2.75, 3.05) is 13.1 Å². The van der Waals surface area contributed by atoms with E-state index < -0.39 is 17.5 Å². The maximum atomic E-state index is 13.1. The van der Waals surface area contributed by atoms with E-state index in [-0.39, 0.29) is 23.8 Å². The fraction of sp³-hybridized carbons (Fsp3) is 0.280. The molecule has 0 saturated carbocycles. The summed E-state index contributed by atoms with van der Waals surface area (Å²) in [6.07, 6.45) is 1.97. The summed E-state index contributed by atoms with van der Waals surface area (Å²) in [5.41, 5.74) is 1.35. The van der Waals surface area contributed by atoms with Crippen LogP contribution in [0.15, 0.2) is 57.7 Å². The van der Waals surface area contributed by atoms with Gasteiger partial charge in [-0.25, -0.2) is 4.79 Å². The number of piperidine rings is 1. The zero-order chi connectivity index (χ0) is 23.5. The van der Waals surface area contributed by atoms with Crippen molar-refractivity contribution in [1.29, 1.82) is 0 Å². The summed E-state index contributed by atoms with van der Waals surface area (Å²) in [6.45, 7) is 0.771. The fourth-order valence-electron chi connectivity index (χ4n) is 4.43. The third kappa shape index (κ3) is 4.83. The number of carboxylic acid groups (broad SMARTS) is 1. The second-order valence-electron chi connectivity index (χ2n) is 8.22. The van der Waals surface area contributed by atoms with Crippen molar-refractivity contribution in [2.45, 2.75) is 25.2 Å². The highest BCUT2D eigenvalue weighted by atomic mass is 35.5. The van der Waals surface area contributed by atoms with E-state index in [4.69, 9.17) is 21.1 Å². The van der Waals surface area contributed by atoms with Crippen LogP contribution in [-0.2, 0) is 14.4 Å². The fourth-order valence-corrected chi connectivity index (χ4v) is 4.67. The van der Waals surface area contributed by atoms with Crippen LogP contribution in [0.5, 0.6) is 0 Å². The second kappa shape index (κ2) is 9.58. The highest BCUT2D eigenvalue weighted by Crippen LogP contribution is 2.34. The van der Waals surface area contributed by atoms with E-state index in [1.165, 1.54) is 12.1 Å². The van der Waals surface area contributed by atoms with Crippen molar-refractivity contribution < 1.29 is 23.9 Å². The number of aliphatic carboxylic acids is 1. The van der Waals surface area contributed by atoms with Crippen molar-refractivity contribution in [2.24, 2.45) is 5.92 Å². The first-order valence-corrected chi connectivity index (χ1v) is 11.0. The van der Waals surface area contributed by atoms with Gasteiger partial charge in [-0.05, 0) is 36.5 Å². The van der Waals surface area contributed by atoms with Gasteiger partial charge in [-0.2, -0.15) is 0 Å². The first-order chi connectivity index (χ1) is 15.9. The molecule has 0 bridgehead atoms. The summed E-state index contributed by atoms with van der Waals surface area (Å²) in [5, 5.41) is 10.2. The number of rotatable bonds is 6. The molecule has 1 aliphatic rings. The van der Waals surface area contributed by atoms with Gasteiger partial charge in [-0.15, -0.1) is 0 Å². The Kier molecular flexibility index (Phi) is 6.60. The Morgan fingerprint density at radius 2 is 1.97 bits per heavy atom. The first kappa shape index (κ1) is 22.7. The van der Waals surface area contributed by atoms with Gasteiger partial charge in [0.2, 0.25) is 5.91 Å². The Bertz CT molecular complexity index is 1280. The van der Waals surface area contributed by atoms with E-state index in [1.54, 1.807) is 35.2 Å². The SMILES string of the molecule is O=C[C@H](C(=O)N1CCC[C@@H](CC(=O)O)C1)c1ccc2c(-c3ccccc3Cl)cc(=O)oc2c1. The highest BCUT2D eigenvalue weighted by Gasteiger charge is 2.31. The van der Waals surface area contributed by atoms with Crippen molar-refractivity contribution in [3.8, 4) is 11.1 Å². The average molecular weight is 468 g/mol. The lowest BCUT2D eigenvalue weighted by Crippen LogP contribution is -2.43. The van der Waals surface area contributed by atoms with Crippen LogP contribution in [0.2, 0.25) is 5.02 Å². The smallest absolute Gasteiger partial charge is 0.336 e. The van der Waals surface area contributed by atoms with Crippen LogP contribution in [0.1, 0.15) is 30.7 Å². The van der Waals surface area contributed by atoms with Gasteiger partial charge in [0.15, 0.2) is 0 Å². The summed E-state index contributed by atoms with van der Waals surface area (Å²) in [7, 11) is 0. The molecule has 0 radical (unpaired) electrons. The first-order valence-electron chi connectivity index (χ1n) is 10.7. The molecule has 0 unspecified atom stereocenters. The molecule has 2 heterocycles. The molecule has 33 heavy (non-hydrogen) atoms. The van der Waals surface area contributed by atoms with E-state index in [0.29, 0.717) is 52.9 Å². The number of hydrogen-bond donors (Lipinski definition) is 1. The summed E-state index contributed by atoms with van der Waals surface area (Å²) in [6, 6.07) is 13.4. The predicted octanol–water partition coefficient (Wildman–Crippen LogP) is 4.11. The Hall–Kier alpha value is -3.45. The normalized spacial score (nSPS) is 17.0. The summed E-state index contributed by atoms with van der Waals surface area (Å²) in [5.74, 6) is -2.50.